The van der Waals surface area contributed by atoms with Crippen molar-refractivity contribution < 1.29 is 9.59 Å². The first-order chi connectivity index (χ1) is 12.1. The Morgan fingerprint density at radius 1 is 1.04 bits per heavy atom. The largest absolute Gasteiger partial charge is 0.366 e. The van der Waals surface area contributed by atoms with Gasteiger partial charge in [0.05, 0.1) is 11.1 Å². The maximum atomic E-state index is 11.5. The predicted octanol–water partition coefficient (Wildman–Crippen LogP) is 2.02. The highest BCUT2D eigenvalue weighted by Crippen LogP contribution is 2.32. The lowest BCUT2D eigenvalue weighted by molar-refractivity contribution is -0.117. The van der Waals surface area contributed by atoms with Crippen LogP contribution in [0.1, 0.15) is 15.9 Å². The third-order valence-corrected chi connectivity index (χ3v) is 3.98. The van der Waals surface area contributed by atoms with Crippen LogP contribution in [-0.2, 0) is 11.3 Å². The highest BCUT2D eigenvalue weighted by molar-refractivity contribution is 6.09. The molecule has 1 aromatic heterocycles. The summed E-state index contributed by atoms with van der Waals surface area (Å²) in [5.74, 6) is -0.430. The van der Waals surface area contributed by atoms with Crippen molar-refractivity contribution in [2.24, 2.45) is 11.5 Å². The van der Waals surface area contributed by atoms with Crippen LogP contribution in [0.4, 0.5) is 0 Å². The highest BCUT2D eigenvalue weighted by atomic mass is 16.2. The quantitative estimate of drug-likeness (QED) is 0.587. The topological polar surface area (TPSA) is 114 Å². The fourth-order valence-corrected chi connectivity index (χ4v) is 2.71. The second-order valence-electron chi connectivity index (χ2n) is 5.49. The fraction of sp³-hybridized carbons (Fsp3) is 0.0526. The van der Waals surface area contributed by atoms with Gasteiger partial charge in [-0.25, -0.2) is 0 Å². The minimum atomic E-state index is -0.434. The van der Waals surface area contributed by atoms with E-state index in [1.54, 1.807) is 12.3 Å². The molecule has 6 N–H and O–H groups in total. The van der Waals surface area contributed by atoms with Gasteiger partial charge in [0.25, 0.3) is 5.91 Å². The van der Waals surface area contributed by atoms with Gasteiger partial charge in [-0.2, -0.15) is 0 Å². The van der Waals surface area contributed by atoms with Crippen LogP contribution >= 0.6 is 0 Å². The molecule has 0 fully saturated rings. The second kappa shape index (κ2) is 7.02. The van der Waals surface area contributed by atoms with Crippen LogP contribution in [-0.4, -0.2) is 16.8 Å². The van der Waals surface area contributed by atoms with Crippen molar-refractivity contribution in [3.8, 4) is 11.1 Å². The van der Waals surface area contributed by atoms with E-state index in [9.17, 15) is 9.59 Å². The van der Waals surface area contributed by atoms with Crippen molar-refractivity contribution in [2.75, 3.05) is 0 Å². The van der Waals surface area contributed by atoms with Crippen molar-refractivity contribution in [2.45, 2.75) is 6.54 Å². The van der Waals surface area contributed by atoms with Gasteiger partial charge in [-0.15, -0.1) is 0 Å². The van der Waals surface area contributed by atoms with E-state index in [0.29, 0.717) is 12.1 Å². The number of hydrogen-bond acceptors (Lipinski definition) is 3. The third-order valence-electron chi connectivity index (χ3n) is 3.98. The van der Waals surface area contributed by atoms with Crippen molar-refractivity contribution >= 4 is 22.7 Å². The summed E-state index contributed by atoms with van der Waals surface area (Å²) in [5, 5.41) is 3.36. The number of primary amides is 1. The molecule has 1 aliphatic rings. The number of aromatic amines is 1. The molecule has 0 radical (unpaired) electrons. The van der Waals surface area contributed by atoms with Crippen LogP contribution in [0, 0.1) is 0 Å². The molecule has 0 saturated heterocycles. The molecular formula is C19H18N4O2. The smallest absolute Gasteiger partial charge is 0.250 e. The van der Waals surface area contributed by atoms with Crippen molar-refractivity contribution in [3.63, 3.8) is 0 Å². The Kier molecular flexibility index (Phi) is 4.63. The molecular weight excluding hydrogens is 316 g/mol. The Morgan fingerprint density at radius 3 is 2.36 bits per heavy atom. The van der Waals surface area contributed by atoms with E-state index in [1.165, 1.54) is 6.08 Å². The van der Waals surface area contributed by atoms with Crippen molar-refractivity contribution in [1.29, 1.82) is 0 Å². The van der Waals surface area contributed by atoms with Crippen molar-refractivity contribution in [1.82, 2.24) is 10.3 Å². The fourth-order valence-electron chi connectivity index (χ4n) is 2.71. The minimum Gasteiger partial charge on any atom is -0.366 e. The summed E-state index contributed by atoms with van der Waals surface area (Å²) in [7, 11) is 0. The monoisotopic (exact) mass is 334 g/mol. The Hall–Kier alpha value is -3.38. The number of fused-ring (bicyclic) bond motifs is 1. The molecule has 2 amide bonds. The molecule has 0 bridgehead atoms. The van der Waals surface area contributed by atoms with Crippen LogP contribution in [0.25, 0.3) is 22.0 Å². The molecule has 0 aliphatic carbocycles. The number of rotatable bonds is 3. The van der Waals surface area contributed by atoms with Gasteiger partial charge in [0.1, 0.15) is 0 Å². The number of amides is 2. The van der Waals surface area contributed by atoms with E-state index < -0.39 is 5.91 Å². The standard InChI is InChI=1S/C16H15N3O.C3H3NO/c17-9-10-3-1-2-4-11(10)12-5-6-14(16(18)20)15-13(12)7-8-19-15;5-3-1-2-4-3/h1-8,19H,9,17H2,(H2,18,20);1-2H,(H,4,5). The van der Waals surface area contributed by atoms with Crippen LogP contribution in [0.5, 0.6) is 0 Å². The summed E-state index contributed by atoms with van der Waals surface area (Å²) in [4.78, 5) is 24.3. The third kappa shape index (κ3) is 3.29. The Morgan fingerprint density at radius 2 is 1.76 bits per heavy atom. The maximum Gasteiger partial charge on any atom is 0.250 e. The molecule has 6 heteroatoms. The average Bonchev–Trinajstić information content (AvgIpc) is 3.09. The summed E-state index contributed by atoms with van der Waals surface area (Å²) < 4.78 is 0. The van der Waals surface area contributed by atoms with Gasteiger partial charge in [0.15, 0.2) is 0 Å². The first-order valence-electron chi connectivity index (χ1n) is 7.77. The molecule has 2 aromatic carbocycles. The number of aromatic nitrogens is 1. The minimum absolute atomic E-state index is 0.00463. The number of benzene rings is 2. The molecule has 6 nitrogen and oxygen atoms in total. The molecule has 1 aliphatic heterocycles. The molecule has 25 heavy (non-hydrogen) atoms. The van der Waals surface area contributed by atoms with Gasteiger partial charge in [0, 0.05) is 30.4 Å². The van der Waals surface area contributed by atoms with Crippen LogP contribution in [0.3, 0.4) is 0 Å². The molecule has 0 atom stereocenters. The van der Waals surface area contributed by atoms with E-state index in [0.717, 1.165) is 27.6 Å². The normalized spacial score (nSPS) is 12.1. The molecule has 0 unspecified atom stereocenters. The summed E-state index contributed by atoms with van der Waals surface area (Å²) in [5.41, 5.74) is 15.7. The Balaban J connectivity index is 0.000000314. The predicted molar refractivity (Wildman–Crippen MR) is 97.4 cm³/mol. The number of nitrogens with two attached hydrogens (primary N) is 2. The average molecular weight is 334 g/mol. The first kappa shape index (κ1) is 16.5. The number of hydrogen-bond donors (Lipinski definition) is 4. The second-order valence-corrected chi connectivity index (χ2v) is 5.49. The summed E-state index contributed by atoms with van der Waals surface area (Å²) in [6.45, 7) is 0.472. The number of carbonyl (C=O) groups is 2. The summed E-state index contributed by atoms with van der Waals surface area (Å²) in [6.07, 6.45) is 4.88. The first-order valence-corrected chi connectivity index (χ1v) is 7.77. The molecule has 4 rings (SSSR count). The SMILES string of the molecule is NCc1ccccc1-c1ccc(C(N)=O)c2[nH]ccc12.O=C1C=CN1. The van der Waals surface area contributed by atoms with Gasteiger partial charge >= 0.3 is 0 Å². The van der Waals surface area contributed by atoms with E-state index in [-0.39, 0.29) is 5.91 Å². The van der Waals surface area contributed by atoms with Crippen LogP contribution in [0.15, 0.2) is 60.9 Å². The van der Waals surface area contributed by atoms with Gasteiger partial charge in [-0.3, -0.25) is 9.59 Å². The lowest BCUT2D eigenvalue weighted by Crippen LogP contribution is -2.22. The number of carbonyl (C=O) groups excluding carboxylic acids is 2. The van der Waals surface area contributed by atoms with Crippen molar-refractivity contribution in [3.05, 3.63) is 72.1 Å². The zero-order chi connectivity index (χ0) is 17.8. The number of H-pyrrole nitrogens is 1. The summed E-state index contributed by atoms with van der Waals surface area (Å²) in [6, 6.07) is 13.6. The highest BCUT2D eigenvalue weighted by Gasteiger charge is 2.13. The lowest BCUT2D eigenvalue weighted by Gasteiger charge is -2.10. The molecule has 3 aromatic rings. The maximum absolute atomic E-state index is 11.5. The van der Waals surface area contributed by atoms with E-state index in [4.69, 9.17) is 11.5 Å². The molecule has 126 valence electrons. The zero-order valence-corrected chi connectivity index (χ0v) is 13.5. The van der Waals surface area contributed by atoms with Gasteiger partial charge < -0.3 is 21.8 Å². The molecule has 0 saturated carbocycles. The van der Waals surface area contributed by atoms with Gasteiger partial charge in [-0.1, -0.05) is 30.3 Å². The van der Waals surface area contributed by atoms with Crippen LogP contribution < -0.4 is 16.8 Å². The summed E-state index contributed by atoms with van der Waals surface area (Å²) >= 11 is 0. The van der Waals surface area contributed by atoms with E-state index in [2.05, 4.69) is 10.3 Å². The van der Waals surface area contributed by atoms with Gasteiger partial charge in [0.2, 0.25) is 5.91 Å². The molecule has 2 heterocycles. The Labute approximate surface area is 144 Å². The van der Waals surface area contributed by atoms with E-state index >= 15 is 0 Å². The van der Waals surface area contributed by atoms with Crippen LogP contribution in [0.2, 0.25) is 0 Å². The van der Waals surface area contributed by atoms with Gasteiger partial charge in [-0.05, 0) is 28.8 Å². The van der Waals surface area contributed by atoms with E-state index in [1.807, 2.05) is 42.6 Å². The number of nitrogens with one attached hydrogen (secondary N) is 2. The lowest BCUT2D eigenvalue weighted by atomic mass is 9.95. The zero-order valence-electron chi connectivity index (χ0n) is 13.5. The molecule has 0 spiro atoms. The Bertz CT molecular complexity index is 972.